The topological polar surface area (TPSA) is 44.1 Å². The summed E-state index contributed by atoms with van der Waals surface area (Å²) in [6.07, 6.45) is 2.70. The second-order valence-corrected chi connectivity index (χ2v) is 3.56. The van der Waals surface area contributed by atoms with Gasteiger partial charge in [0, 0.05) is 6.04 Å². The van der Waals surface area contributed by atoms with Crippen LogP contribution < -0.4 is 0 Å². The number of carbonyl (C=O) groups is 1. The maximum Gasteiger partial charge on any atom is 0.134 e. The molecule has 1 saturated carbocycles. The third kappa shape index (κ3) is 1.49. The van der Waals surface area contributed by atoms with Gasteiger partial charge in [0.15, 0.2) is 0 Å². The molecule has 0 saturated heterocycles. The summed E-state index contributed by atoms with van der Waals surface area (Å²) < 4.78 is 0. The smallest absolute Gasteiger partial charge is 0.134 e. The second kappa shape index (κ2) is 3.24. The van der Waals surface area contributed by atoms with E-state index in [-0.39, 0.29) is 11.6 Å². The molecule has 66 valence electrons. The van der Waals surface area contributed by atoms with Gasteiger partial charge in [0.25, 0.3) is 0 Å². The Hall–Kier alpha value is -0.880. The van der Waals surface area contributed by atoms with E-state index in [1.54, 1.807) is 0 Å². The van der Waals surface area contributed by atoms with Crippen LogP contribution in [-0.4, -0.2) is 29.3 Å². The molecule has 1 aliphatic rings. The van der Waals surface area contributed by atoms with Crippen LogP contribution in [0.25, 0.3) is 0 Å². The maximum absolute atomic E-state index is 10.4. The Morgan fingerprint density at radius 1 is 1.67 bits per heavy atom. The van der Waals surface area contributed by atoms with E-state index in [0.717, 1.165) is 19.1 Å². The van der Waals surface area contributed by atoms with E-state index in [2.05, 4.69) is 6.07 Å². The van der Waals surface area contributed by atoms with E-state index < -0.39 is 0 Å². The van der Waals surface area contributed by atoms with E-state index in [9.17, 15) is 4.79 Å². The number of hydrogen-bond acceptors (Lipinski definition) is 3. The summed E-state index contributed by atoms with van der Waals surface area (Å²) in [5.74, 6) is 0. The average Bonchev–Trinajstić information content (AvgIpc) is 2.80. The summed E-state index contributed by atoms with van der Waals surface area (Å²) in [5, 5.41) is 8.89. The van der Waals surface area contributed by atoms with Crippen LogP contribution in [0.15, 0.2) is 0 Å². The molecule has 0 heterocycles. The van der Waals surface area contributed by atoms with Crippen molar-refractivity contribution in [3.63, 3.8) is 0 Å². The van der Waals surface area contributed by atoms with Gasteiger partial charge in [-0.2, -0.15) is 5.26 Å². The number of rotatable bonds is 4. The molecule has 0 aromatic heterocycles. The Morgan fingerprint density at radius 2 is 2.25 bits per heavy atom. The first-order chi connectivity index (χ1) is 5.66. The molecule has 3 nitrogen and oxygen atoms in total. The fourth-order valence-electron chi connectivity index (χ4n) is 1.54. The van der Waals surface area contributed by atoms with Crippen LogP contribution in [0, 0.1) is 11.3 Å². The lowest BCUT2D eigenvalue weighted by atomic mass is 10.2. The molecule has 0 atom stereocenters. The van der Waals surface area contributed by atoms with Gasteiger partial charge in [-0.05, 0) is 26.7 Å². The number of nitriles is 1. The molecule has 12 heavy (non-hydrogen) atoms. The Labute approximate surface area is 73.0 Å². The Morgan fingerprint density at radius 3 is 2.50 bits per heavy atom. The highest BCUT2D eigenvalue weighted by Crippen LogP contribution is 2.41. The monoisotopic (exact) mass is 166 g/mol. The summed E-state index contributed by atoms with van der Waals surface area (Å²) in [4.78, 5) is 12.3. The molecule has 0 spiro atoms. The predicted molar refractivity (Wildman–Crippen MR) is 45.5 cm³/mol. The van der Waals surface area contributed by atoms with Crippen molar-refractivity contribution in [1.29, 1.82) is 5.26 Å². The molecular formula is C9H14N2O. The van der Waals surface area contributed by atoms with Gasteiger partial charge in [-0.1, -0.05) is 0 Å². The highest BCUT2D eigenvalue weighted by molar-refractivity contribution is 5.53. The van der Waals surface area contributed by atoms with Gasteiger partial charge in [-0.25, -0.2) is 0 Å². The standard InChI is InChI=1S/C9H14N2O/c1-8(2)11(5-6-12)9(7-10)3-4-9/h6,8H,3-5H2,1-2H3. The van der Waals surface area contributed by atoms with Crippen LogP contribution in [0.5, 0.6) is 0 Å². The summed E-state index contributed by atoms with van der Waals surface area (Å²) >= 11 is 0. The molecule has 0 aromatic carbocycles. The zero-order chi connectivity index (χ0) is 9.19. The predicted octanol–water partition coefficient (Wildman–Crippen LogP) is 0.952. The summed E-state index contributed by atoms with van der Waals surface area (Å²) in [6.45, 7) is 4.41. The Kier molecular flexibility index (Phi) is 2.49. The summed E-state index contributed by atoms with van der Waals surface area (Å²) in [5.41, 5.74) is -0.310. The summed E-state index contributed by atoms with van der Waals surface area (Å²) in [6, 6.07) is 2.56. The Balaban J connectivity index is 2.66. The van der Waals surface area contributed by atoms with E-state index in [0.29, 0.717) is 6.54 Å². The largest absolute Gasteiger partial charge is 0.302 e. The fraction of sp³-hybridized carbons (Fsp3) is 0.778. The molecule has 1 fully saturated rings. The lowest BCUT2D eigenvalue weighted by Crippen LogP contribution is -2.42. The molecule has 3 heteroatoms. The van der Waals surface area contributed by atoms with Crippen molar-refractivity contribution in [1.82, 2.24) is 4.90 Å². The molecule has 0 unspecified atom stereocenters. The molecule has 0 bridgehead atoms. The van der Waals surface area contributed by atoms with Gasteiger partial charge in [0.05, 0.1) is 12.6 Å². The average molecular weight is 166 g/mol. The van der Waals surface area contributed by atoms with Crippen molar-refractivity contribution in [2.24, 2.45) is 0 Å². The van der Waals surface area contributed by atoms with Crippen molar-refractivity contribution in [3.05, 3.63) is 0 Å². The zero-order valence-electron chi connectivity index (χ0n) is 7.58. The molecule has 1 rings (SSSR count). The van der Waals surface area contributed by atoms with Crippen LogP contribution in [0.3, 0.4) is 0 Å². The van der Waals surface area contributed by atoms with Gasteiger partial charge in [0.2, 0.25) is 0 Å². The van der Waals surface area contributed by atoms with Crippen LogP contribution in [-0.2, 0) is 4.79 Å². The zero-order valence-corrected chi connectivity index (χ0v) is 7.58. The lowest BCUT2D eigenvalue weighted by molar-refractivity contribution is -0.109. The normalized spacial score (nSPS) is 19.2. The second-order valence-electron chi connectivity index (χ2n) is 3.56. The SMILES string of the molecule is CC(C)N(CC=O)C1(C#N)CC1. The minimum Gasteiger partial charge on any atom is -0.302 e. The van der Waals surface area contributed by atoms with Crippen molar-refractivity contribution in [3.8, 4) is 6.07 Å². The maximum atomic E-state index is 10.4. The van der Waals surface area contributed by atoms with Crippen molar-refractivity contribution < 1.29 is 4.79 Å². The van der Waals surface area contributed by atoms with Crippen LogP contribution >= 0.6 is 0 Å². The van der Waals surface area contributed by atoms with Crippen molar-refractivity contribution in [2.45, 2.75) is 38.3 Å². The minimum atomic E-state index is -0.310. The molecule has 0 amide bonds. The highest BCUT2D eigenvalue weighted by atomic mass is 16.1. The molecule has 0 aromatic rings. The molecule has 1 aliphatic carbocycles. The van der Waals surface area contributed by atoms with E-state index in [4.69, 9.17) is 5.26 Å². The lowest BCUT2D eigenvalue weighted by Gasteiger charge is -2.28. The van der Waals surface area contributed by atoms with Crippen LogP contribution in [0.1, 0.15) is 26.7 Å². The van der Waals surface area contributed by atoms with Gasteiger partial charge in [-0.3, -0.25) is 4.90 Å². The van der Waals surface area contributed by atoms with Gasteiger partial charge in [0.1, 0.15) is 11.8 Å². The third-order valence-corrected chi connectivity index (χ3v) is 2.38. The van der Waals surface area contributed by atoms with Crippen LogP contribution in [0.2, 0.25) is 0 Å². The van der Waals surface area contributed by atoms with Crippen molar-refractivity contribution >= 4 is 6.29 Å². The number of hydrogen-bond donors (Lipinski definition) is 0. The van der Waals surface area contributed by atoms with Gasteiger partial charge >= 0.3 is 0 Å². The molecular weight excluding hydrogens is 152 g/mol. The first kappa shape index (κ1) is 9.21. The first-order valence-corrected chi connectivity index (χ1v) is 4.28. The third-order valence-electron chi connectivity index (χ3n) is 2.38. The molecule has 0 radical (unpaired) electrons. The minimum absolute atomic E-state index is 0.275. The summed E-state index contributed by atoms with van der Waals surface area (Å²) in [7, 11) is 0. The first-order valence-electron chi connectivity index (χ1n) is 4.28. The van der Waals surface area contributed by atoms with E-state index in [1.807, 2.05) is 18.7 Å². The van der Waals surface area contributed by atoms with Crippen molar-refractivity contribution in [2.75, 3.05) is 6.54 Å². The highest BCUT2D eigenvalue weighted by Gasteiger charge is 2.49. The fourth-order valence-corrected chi connectivity index (χ4v) is 1.54. The van der Waals surface area contributed by atoms with Gasteiger partial charge in [-0.15, -0.1) is 0 Å². The van der Waals surface area contributed by atoms with E-state index in [1.165, 1.54) is 0 Å². The molecule has 0 N–H and O–H groups in total. The number of aldehydes is 1. The Bertz CT molecular complexity index is 213. The van der Waals surface area contributed by atoms with Gasteiger partial charge < -0.3 is 4.79 Å². The molecule has 0 aliphatic heterocycles. The van der Waals surface area contributed by atoms with Crippen LogP contribution in [0.4, 0.5) is 0 Å². The number of nitrogens with zero attached hydrogens (tertiary/aromatic N) is 2. The van der Waals surface area contributed by atoms with E-state index >= 15 is 0 Å². The quantitative estimate of drug-likeness (QED) is 0.584. The number of carbonyl (C=O) groups excluding carboxylic acids is 1.